The Bertz CT molecular complexity index is 927. The van der Waals surface area contributed by atoms with Crippen molar-refractivity contribution in [1.82, 2.24) is 14.8 Å². The third-order valence-electron chi connectivity index (χ3n) is 4.25. The van der Waals surface area contributed by atoms with Crippen molar-refractivity contribution in [2.75, 3.05) is 19.5 Å². The Balaban J connectivity index is 1.50. The van der Waals surface area contributed by atoms with E-state index in [0.717, 1.165) is 39.5 Å². The monoisotopic (exact) mass is 399 g/mol. The predicted molar refractivity (Wildman–Crippen MR) is 110 cm³/mol. The van der Waals surface area contributed by atoms with Crippen LogP contribution in [-0.2, 0) is 13.7 Å². The molecule has 0 amide bonds. The van der Waals surface area contributed by atoms with E-state index in [9.17, 15) is 0 Å². The average molecular weight is 400 g/mol. The fraction of sp³-hybridized carbons (Fsp3) is 0.333. The van der Waals surface area contributed by atoms with Gasteiger partial charge < -0.3 is 18.8 Å². The van der Waals surface area contributed by atoms with Gasteiger partial charge in [-0.2, -0.15) is 0 Å². The molecule has 0 spiro atoms. The lowest BCUT2D eigenvalue weighted by atomic mass is 10.1. The Morgan fingerprint density at radius 1 is 0.964 bits per heavy atom. The molecule has 0 aliphatic rings. The maximum atomic E-state index is 5.91. The molecule has 3 aromatic rings. The zero-order valence-electron chi connectivity index (χ0n) is 16.6. The van der Waals surface area contributed by atoms with E-state index < -0.39 is 0 Å². The number of hydrogen-bond donors (Lipinski definition) is 0. The highest BCUT2D eigenvalue weighted by molar-refractivity contribution is 7.99. The molecule has 0 atom stereocenters. The summed E-state index contributed by atoms with van der Waals surface area (Å²) in [5, 5.41) is 9.34. The highest BCUT2D eigenvalue weighted by atomic mass is 32.2. The van der Waals surface area contributed by atoms with Gasteiger partial charge in [-0.3, -0.25) is 0 Å². The number of aromatic nitrogens is 3. The topological polar surface area (TPSA) is 58.4 Å². The Hall–Kier alpha value is -2.67. The van der Waals surface area contributed by atoms with Crippen LogP contribution in [0.15, 0.2) is 47.6 Å². The van der Waals surface area contributed by atoms with E-state index in [1.165, 1.54) is 5.56 Å². The normalized spacial score (nSPS) is 10.7. The Morgan fingerprint density at radius 2 is 1.75 bits per heavy atom. The van der Waals surface area contributed by atoms with Gasteiger partial charge >= 0.3 is 0 Å². The van der Waals surface area contributed by atoms with Crippen LogP contribution in [0.25, 0.3) is 0 Å². The van der Waals surface area contributed by atoms with Crippen molar-refractivity contribution in [1.29, 1.82) is 0 Å². The number of ether oxygens (including phenoxy) is 3. The predicted octanol–water partition coefficient (Wildman–Crippen LogP) is 4.19. The summed E-state index contributed by atoms with van der Waals surface area (Å²) in [6.45, 7) is 5.04. The van der Waals surface area contributed by atoms with Crippen LogP contribution in [-0.4, -0.2) is 34.2 Å². The highest BCUT2D eigenvalue weighted by Crippen LogP contribution is 2.26. The van der Waals surface area contributed by atoms with E-state index in [1.807, 2.05) is 54.9 Å². The van der Waals surface area contributed by atoms with Crippen molar-refractivity contribution in [3.05, 3.63) is 59.4 Å². The van der Waals surface area contributed by atoms with Gasteiger partial charge in [0, 0.05) is 12.8 Å². The van der Waals surface area contributed by atoms with Gasteiger partial charge in [0.25, 0.3) is 0 Å². The fourth-order valence-corrected chi connectivity index (χ4v) is 3.47. The zero-order valence-corrected chi connectivity index (χ0v) is 17.5. The number of methoxy groups -OCH3 is 1. The molecule has 0 aliphatic carbocycles. The second-order valence-electron chi connectivity index (χ2n) is 6.36. The summed E-state index contributed by atoms with van der Waals surface area (Å²) in [4.78, 5) is 0. The van der Waals surface area contributed by atoms with Gasteiger partial charge in [-0.25, -0.2) is 0 Å². The Labute approximate surface area is 169 Å². The van der Waals surface area contributed by atoms with Crippen LogP contribution in [0.2, 0.25) is 0 Å². The summed E-state index contributed by atoms with van der Waals surface area (Å²) in [7, 11) is 3.59. The molecule has 0 unspecified atom stereocenters. The van der Waals surface area contributed by atoms with Crippen molar-refractivity contribution in [3.8, 4) is 17.2 Å². The van der Waals surface area contributed by atoms with Gasteiger partial charge in [-0.15, -0.1) is 10.2 Å². The second-order valence-corrected chi connectivity index (χ2v) is 7.43. The minimum Gasteiger partial charge on any atom is -0.493 e. The third kappa shape index (κ3) is 4.98. The van der Waals surface area contributed by atoms with Crippen LogP contribution in [0.3, 0.4) is 0 Å². The van der Waals surface area contributed by atoms with Crippen molar-refractivity contribution in [2.24, 2.45) is 7.05 Å². The van der Waals surface area contributed by atoms with Crippen LogP contribution in [0.5, 0.6) is 17.2 Å². The maximum Gasteiger partial charge on any atom is 0.191 e. The molecule has 0 N–H and O–H groups in total. The quantitative estimate of drug-likeness (QED) is 0.397. The first-order valence-corrected chi connectivity index (χ1v) is 10.0. The molecule has 148 valence electrons. The minimum absolute atomic E-state index is 0.381. The minimum atomic E-state index is 0.381. The molecule has 2 aromatic carbocycles. The summed E-state index contributed by atoms with van der Waals surface area (Å²) in [5.74, 6) is 3.88. The van der Waals surface area contributed by atoms with Gasteiger partial charge in [-0.05, 0) is 37.6 Å². The third-order valence-corrected chi connectivity index (χ3v) is 5.24. The molecule has 0 aliphatic heterocycles. The van der Waals surface area contributed by atoms with Gasteiger partial charge in [-0.1, -0.05) is 41.6 Å². The summed E-state index contributed by atoms with van der Waals surface area (Å²) >= 11 is 1.60. The molecule has 0 radical (unpaired) electrons. The molecular weight excluding hydrogens is 374 g/mol. The number of hydrogen-bond acceptors (Lipinski definition) is 6. The largest absolute Gasteiger partial charge is 0.493 e. The molecule has 0 saturated heterocycles. The Morgan fingerprint density at radius 3 is 2.50 bits per heavy atom. The fourth-order valence-electron chi connectivity index (χ4n) is 2.72. The highest BCUT2D eigenvalue weighted by Gasteiger charge is 2.11. The smallest absolute Gasteiger partial charge is 0.191 e. The van der Waals surface area contributed by atoms with Crippen LogP contribution >= 0.6 is 11.8 Å². The molecule has 0 fully saturated rings. The second kappa shape index (κ2) is 9.50. The van der Waals surface area contributed by atoms with E-state index in [0.29, 0.717) is 13.2 Å². The Kier molecular flexibility index (Phi) is 6.81. The van der Waals surface area contributed by atoms with Crippen LogP contribution in [0.4, 0.5) is 0 Å². The van der Waals surface area contributed by atoms with Gasteiger partial charge in [0.15, 0.2) is 22.5 Å². The molecule has 1 heterocycles. The summed E-state index contributed by atoms with van der Waals surface area (Å²) in [5.41, 5.74) is 2.34. The summed E-state index contributed by atoms with van der Waals surface area (Å²) < 4.78 is 19.0. The van der Waals surface area contributed by atoms with Gasteiger partial charge in [0.05, 0.1) is 13.7 Å². The van der Waals surface area contributed by atoms with Crippen LogP contribution in [0.1, 0.15) is 17.0 Å². The van der Waals surface area contributed by atoms with E-state index in [4.69, 9.17) is 14.2 Å². The molecule has 6 nitrogen and oxygen atoms in total. The molecule has 7 heteroatoms. The zero-order chi connectivity index (χ0) is 19.9. The van der Waals surface area contributed by atoms with E-state index in [1.54, 1.807) is 18.9 Å². The number of rotatable bonds is 9. The standard InChI is InChI=1S/C21H25N3O3S/c1-15-9-10-17(16(2)13-15)27-14-20-22-23-21(24(20)3)28-12-11-26-19-8-6-5-7-18(19)25-4/h5-10,13H,11-12,14H2,1-4H3. The van der Waals surface area contributed by atoms with Crippen molar-refractivity contribution < 1.29 is 14.2 Å². The SMILES string of the molecule is COc1ccccc1OCCSc1nnc(COc2ccc(C)cc2C)n1C. The lowest BCUT2D eigenvalue weighted by Crippen LogP contribution is -2.06. The van der Waals surface area contributed by atoms with Crippen LogP contribution in [0, 0.1) is 13.8 Å². The molecule has 0 saturated carbocycles. The first kappa shape index (κ1) is 20.1. The number of para-hydroxylation sites is 2. The van der Waals surface area contributed by atoms with E-state index >= 15 is 0 Å². The molecule has 3 rings (SSSR count). The first-order chi connectivity index (χ1) is 13.6. The molecular formula is C21H25N3O3S. The van der Waals surface area contributed by atoms with E-state index in [2.05, 4.69) is 23.2 Å². The lowest BCUT2D eigenvalue weighted by molar-refractivity contribution is 0.288. The van der Waals surface area contributed by atoms with E-state index in [-0.39, 0.29) is 0 Å². The summed E-state index contributed by atoms with van der Waals surface area (Å²) in [6.07, 6.45) is 0. The number of nitrogens with zero attached hydrogens (tertiary/aromatic N) is 3. The van der Waals surface area contributed by atoms with Crippen LogP contribution < -0.4 is 14.2 Å². The van der Waals surface area contributed by atoms with Crippen molar-refractivity contribution in [2.45, 2.75) is 25.6 Å². The number of aryl methyl sites for hydroxylation is 2. The number of benzene rings is 2. The van der Waals surface area contributed by atoms with Crippen molar-refractivity contribution in [3.63, 3.8) is 0 Å². The van der Waals surface area contributed by atoms with Gasteiger partial charge in [0.1, 0.15) is 12.4 Å². The summed E-state index contributed by atoms with van der Waals surface area (Å²) in [6, 6.07) is 13.8. The first-order valence-electron chi connectivity index (χ1n) is 9.05. The molecule has 0 bridgehead atoms. The maximum absolute atomic E-state index is 5.91. The number of thioether (sulfide) groups is 1. The molecule has 1 aromatic heterocycles. The average Bonchev–Trinajstić information content (AvgIpc) is 3.04. The van der Waals surface area contributed by atoms with Crippen molar-refractivity contribution >= 4 is 11.8 Å². The molecule has 28 heavy (non-hydrogen) atoms. The lowest BCUT2D eigenvalue weighted by Gasteiger charge is -2.10. The van der Waals surface area contributed by atoms with Gasteiger partial charge in [0.2, 0.25) is 0 Å².